The number of halogens is 2. The minimum Gasteiger partial charge on any atom is -0.506 e. The van der Waals surface area contributed by atoms with Crippen molar-refractivity contribution < 1.29 is 15.0 Å². The van der Waals surface area contributed by atoms with Crippen LogP contribution in [0.5, 0.6) is 5.75 Å². The van der Waals surface area contributed by atoms with Crippen LogP contribution in [0.1, 0.15) is 22.8 Å². The number of thiocarbonyl (C=S) groups is 1. The number of hydrogen-bond acceptors (Lipinski definition) is 5. The fourth-order valence-corrected chi connectivity index (χ4v) is 4.00. The lowest BCUT2D eigenvalue weighted by molar-refractivity contribution is 0.0697. The summed E-state index contributed by atoms with van der Waals surface area (Å²) in [5, 5.41) is 29.5. The highest BCUT2D eigenvalue weighted by molar-refractivity contribution is 7.80. The van der Waals surface area contributed by atoms with Gasteiger partial charge in [-0.25, -0.2) is 4.79 Å². The SMILES string of the molecule is C/C(=N\NC(=S)Nc1cccc(C(=O)O)c1)c1csc(-c2ccc(Cl)c(Cl)c2)c1O. The van der Waals surface area contributed by atoms with E-state index in [9.17, 15) is 9.90 Å². The van der Waals surface area contributed by atoms with Crippen LogP contribution in [0.25, 0.3) is 10.4 Å². The van der Waals surface area contributed by atoms with Gasteiger partial charge < -0.3 is 15.5 Å². The van der Waals surface area contributed by atoms with Gasteiger partial charge in [0.1, 0.15) is 5.75 Å². The zero-order chi connectivity index (χ0) is 21.8. The van der Waals surface area contributed by atoms with E-state index in [-0.39, 0.29) is 16.4 Å². The van der Waals surface area contributed by atoms with Crippen molar-refractivity contribution in [2.45, 2.75) is 6.92 Å². The number of rotatable bonds is 5. The highest BCUT2D eigenvalue weighted by atomic mass is 35.5. The Morgan fingerprint density at radius 3 is 2.63 bits per heavy atom. The molecule has 1 heterocycles. The molecule has 6 nitrogen and oxygen atoms in total. The lowest BCUT2D eigenvalue weighted by atomic mass is 10.1. The van der Waals surface area contributed by atoms with Crippen molar-refractivity contribution >= 4 is 69.2 Å². The molecule has 0 fully saturated rings. The molecule has 3 aromatic rings. The summed E-state index contributed by atoms with van der Waals surface area (Å²) in [5.74, 6) is -0.952. The molecule has 0 unspecified atom stereocenters. The quantitative estimate of drug-likeness (QED) is 0.208. The summed E-state index contributed by atoms with van der Waals surface area (Å²) in [5.41, 5.74) is 5.14. The predicted molar refractivity (Wildman–Crippen MR) is 126 cm³/mol. The molecule has 0 saturated carbocycles. The molecule has 0 bridgehead atoms. The van der Waals surface area contributed by atoms with Gasteiger partial charge in [0.25, 0.3) is 0 Å². The number of nitrogens with one attached hydrogen (secondary N) is 2. The van der Waals surface area contributed by atoms with Gasteiger partial charge >= 0.3 is 5.97 Å². The van der Waals surface area contributed by atoms with E-state index in [0.717, 1.165) is 5.56 Å². The van der Waals surface area contributed by atoms with Gasteiger partial charge in [-0.05, 0) is 55.0 Å². The summed E-state index contributed by atoms with van der Waals surface area (Å²) >= 11 is 18.6. The molecule has 0 amide bonds. The molecule has 1 aromatic heterocycles. The minimum atomic E-state index is -1.03. The summed E-state index contributed by atoms with van der Waals surface area (Å²) in [6.07, 6.45) is 0. The lowest BCUT2D eigenvalue weighted by Crippen LogP contribution is -2.25. The summed E-state index contributed by atoms with van der Waals surface area (Å²) in [6.45, 7) is 1.72. The van der Waals surface area contributed by atoms with E-state index in [1.54, 1.807) is 42.6 Å². The van der Waals surface area contributed by atoms with Crippen LogP contribution in [0.2, 0.25) is 10.0 Å². The number of carboxylic acid groups (broad SMARTS) is 1. The number of hydrogen-bond donors (Lipinski definition) is 4. The average molecular weight is 480 g/mol. The molecule has 0 aliphatic carbocycles. The zero-order valence-electron chi connectivity index (χ0n) is 15.4. The molecule has 2 aromatic carbocycles. The molecule has 10 heteroatoms. The van der Waals surface area contributed by atoms with Crippen molar-refractivity contribution in [1.82, 2.24) is 5.43 Å². The molecule has 0 saturated heterocycles. The van der Waals surface area contributed by atoms with Gasteiger partial charge in [-0.2, -0.15) is 5.10 Å². The Bertz CT molecular complexity index is 1160. The smallest absolute Gasteiger partial charge is 0.335 e. The first-order valence-corrected chi connectivity index (χ1v) is 10.5. The predicted octanol–water partition coefficient (Wildman–Crippen LogP) is 5.84. The highest BCUT2D eigenvalue weighted by Crippen LogP contribution is 2.40. The molecule has 0 radical (unpaired) electrons. The van der Waals surface area contributed by atoms with Crippen LogP contribution in [0.4, 0.5) is 5.69 Å². The van der Waals surface area contributed by atoms with E-state index < -0.39 is 5.97 Å². The summed E-state index contributed by atoms with van der Waals surface area (Å²) < 4.78 is 0. The number of carbonyl (C=O) groups is 1. The van der Waals surface area contributed by atoms with Gasteiger partial charge in [0.05, 0.1) is 31.8 Å². The lowest BCUT2D eigenvalue weighted by Gasteiger charge is -2.08. The maximum Gasteiger partial charge on any atom is 0.335 e. The van der Waals surface area contributed by atoms with Gasteiger partial charge in [-0.15, -0.1) is 11.3 Å². The van der Waals surface area contributed by atoms with E-state index in [1.807, 2.05) is 0 Å². The topological polar surface area (TPSA) is 94.0 Å². The van der Waals surface area contributed by atoms with Crippen LogP contribution >= 0.6 is 46.8 Å². The van der Waals surface area contributed by atoms with Gasteiger partial charge in [0.15, 0.2) is 5.11 Å². The summed E-state index contributed by atoms with van der Waals surface area (Å²) in [6, 6.07) is 11.4. The third-order valence-corrected chi connectivity index (χ3v) is 5.98. The van der Waals surface area contributed by atoms with Crippen LogP contribution in [0.15, 0.2) is 52.9 Å². The Balaban J connectivity index is 1.72. The molecular formula is C20H15Cl2N3O3S2. The summed E-state index contributed by atoms with van der Waals surface area (Å²) in [7, 11) is 0. The van der Waals surface area contributed by atoms with Crippen LogP contribution < -0.4 is 10.7 Å². The zero-order valence-corrected chi connectivity index (χ0v) is 18.6. The van der Waals surface area contributed by atoms with E-state index in [0.29, 0.717) is 31.9 Å². The standard InChI is InChI=1S/C20H15Cl2N3O3S2/c1-10(24-25-20(29)23-13-4-2-3-12(7-13)19(27)28)14-9-30-18(17(14)26)11-5-6-15(21)16(22)8-11/h2-9,26H,1H3,(H,27,28)(H2,23,25,29)/b24-10+. The molecular weight excluding hydrogens is 465 g/mol. The Hall–Kier alpha value is -2.65. The van der Waals surface area contributed by atoms with E-state index >= 15 is 0 Å². The van der Waals surface area contributed by atoms with Crippen LogP contribution in [0, 0.1) is 0 Å². The van der Waals surface area contributed by atoms with Crippen molar-refractivity contribution in [3.8, 4) is 16.2 Å². The normalized spacial score (nSPS) is 11.2. The van der Waals surface area contributed by atoms with Gasteiger partial charge in [-0.1, -0.05) is 35.3 Å². The second-order valence-corrected chi connectivity index (χ2v) is 8.21. The highest BCUT2D eigenvalue weighted by Gasteiger charge is 2.15. The van der Waals surface area contributed by atoms with E-state index in [1.165, 1.54) is 23.5 Å². The first-order valence-electron chi connectivity index (χ1n) is 8.47. The van der Waals surface area contributed by atoms with Crippen molar-refractivity contribution in [2.75, 3.05) is 5.32 Å². The summed E-state index contributed by atoms with van der Waals surface area (Å²) in [4.78, 5) is 11.7. The number of aromatic hydroxyl groups is 1. The number of carboxylic acids is 1. The molecule has 3 rings (SSSR count). The monoisotopic (exact) mass is 479 g/mol. The molecule has 0 aliphatic rings. The third kappa shape index (κ3) is 5.09. The number of hydrazone groups is 1. The van der Waals surface area contributed by atoms with Crippen molar-refractivity contribution in [1.29, 1.82) is 0 Å². The van der Waals surface area contributed by atoms with E-state index in [2.05, 4.69) is 15.8 Å². The van der Waals surface area contributed by atoms with Crippen LogP contribution in [0.3, 0.4) is 0 Å². The van der Waals surface area contributed by atoms with Gasteiger partial charge in [0, 0.05) is 11.1 Å². The molecule has 0 spiro atoms. The van der Waals surface area contributed by atoms with Gasteiger partial charge in [-0.3, -0.25) is 5.43 Å². The Kier molecular flexibility index (Phi) is 6.94. The first kappa shape index (κ1) is 22.0. The third-order valence-electron chi connectivity index (χ3n) is 4.03. The Morgan fingerprint density at radius 2 is 1.93 bits per heavy atom. The Labute approximate surface area is 191 Å². The number of aromatic carboxylic acids is 1. The number of thiophene rings is 1. The van der Waals surface area contributed by atoms with Crippen LogP contribution in [-0.4, -0.2) is 27.0 Å². The first-order chi connectivity index (χ1) is 14.3. The second-order valence-electron chi connectivity index (χ2n) is 6.11. The number of nitrogens with zero attached hydrogens (tertiary/aromatic N) is 1. The van der Waals surface area contributed by atoms with Crippen molar-refractivity contribution in [3.05, 3.63) is 69.0 Å². The largest absolute Gasteiger partial charge is 0.506 e. The minimum absolute atomic E-state index is 0.0782. The van der Waals surface area contributed by atoms with E-state index in [4.69, 9.17) is 40.5 Å². The van der Waals surface area contributed by atoms with Crippen molar-refractivity contribution in [3.63, 3.8) is 0 Å². The van der Waals surface area contributed by atoms with Crippen LogP contribution in [-0.2, 0) is 0 Å². The molecule has 0 atom stereocenters. The fraction of sp³-hybridized carbons (Fsp3) is 0.0500. The molecule has 4 N–H and O–H groups in total. The number of benzene rings is 2. The molecule has 154 valence electrons. The maximum atomic E-state index is 11.0. The fourth-order valence-electron chi connectivity index (χ4n) is 2.53. The molecule has 30 heavy (non-hydrogen) atoms. The average Bonchev–Trinajstić information content (AvgIpc) is 3.10. The Morgan fingerprint density at radius 1 is 1.17 bits per heavy atom. The number of anilines is 1. The molecule has 0 aliphatic heterocycles. The maximum absolute atomic E-state index is 11.0. The van der Waals surface area contributed by atoms with Gasteiger partial charge in [0.2, 0.25) is 0 Å². The van der Waals surface area contributed by atoms with Crippen molar-refractivity contribution in [2.24, 2.45) is 5.10 Å². The second kappa shape index (κ2) is 9.44.